The molecule has 1 heterocycles. The van der Waals surface area contributed by atoms with Crippen molar-refractivity contribution in [3.05, 3.63) is 51.5 Å². The van der Waals surface area contributed by atoms with Gasteiger partial charge in [-0.2, -0.15) is 0 Å². The first-order valence-corrected chi connectivity index (χ1v) is 7.92. The van der Waals surface area contributed by atoms with Crippen LogP contribution in [0, 0.1) is 6.92 Å². The van der Waals surface area contributed by atoms with Gasteiger partial charge in [-0.3, -0.25) is 4.79 Å². The summed E-state index contributed by atoms with van der Waals surface area (Å²) in [4.78, 5) is 17.3. The molecule has 0 saturated heterocycles. The highest BCUT2D eigenvalue weighted by atomic mass is 35.5. The molecule has 1 amide bonds. The number of benzene rings is 1. The topological polar surface area (TPSA) is 68.0 Å². The van der Waals surface area contributed by atoms with E-state index in [1.165, 1.54) is 16.9 Å². The third-order valence-electron chi connectivity index (χ3n) is 3.13. The van der Waals surface area contributed by atoms with Crippen molar-refractivity contribution in [1.29, 1.82) is 0 Å². The molecule has 0 saturated carbocycles. The van der Waals surface area contributed by atoms with E-state index in [0.29, 0.717) is 11.4 Å². The molecule has 3 N–H and O–H groups in total. The molecular formula is C16H23Cl2N3OS. The van der Waals surface area contributed by atoms with Crippen molar-refractivity contribution in [3.63, 3.8) is 0 Å². The molecule has 2 aromatic rings. The van der Waals surface area contributed by atoms with Crippen molar-refractivity contribution < 1.29 is 4.79 Å². The van der Waals surface area contributed by atoms with Crippen LogP contribution in [0.3, 0.4) is 0 Å². The zero-order valence-electron chi connectivity index (χ0n) is 13.2. The summed E-state index contributed by atoms with van der Waals surface area (Å²) in [5, 5.41) is 3.87. The van der Waals surface area contributed by atoms with Gasteiger partial charge in [-0.25, -0.2) is 4.98 Å². The summed E-state index contributed by atoms with van der Waals surface area (Å²) < 4.78 is 0. The van der Waals surface area contributed by atoms with E-state index >= 15 is 0 Å². The first kappa shape index (κ1) is 21.9. The summed E-state index contributed by atoms with van der Waals surface area (Å²) in [6.45, 7) is 4.41. The zero-order chi connectivity index (χ0) is 15.2. The maximum Gasteiger partial charge on any atom is 0.263 e. The molecule has 1 atom stereocenters. The van der Waals surface area contributed by atoms with Crippen LogP contribution in [0.2, 0.25) is 0 Å². The lowest BCUT2D eigenvalue weighted by molar-refractivity contribution is 0.0956. The number of hydrogen-bond donors (Lipinski definition) is 2. The van der Waals surface area contributed by atoms with Crippen LogP contribution in [0.15, 0.2) is 30.3 Å². The Hall–Kier alpha value is -1.14. The fourth-order valence-electron chi connectivity index (χ4n) is 2.00. The number of hydrogen-bond acceptors (Lipinski definition) is 4. The lowest BCUT2D eigenvalue weighted by Gasteiger charge is -2.06. The van der Waals surface area contributed by atoms with Gasteiger partial charge in [0.05, 0.1) is 10.7 Å². The van der Waals surface area contributed by atoms with Crippen LogP contribution in [0.5, 0.6) is 0 Å². The van der Waals surface area contributed by atoms with Gasteiger partial charge < -0.3 is 11.1 Å². The Bertz CT molecular complexity index is 603. The van der Waals surface area contributed by atoms with E-state index in [4.69, 9.17) is 5.73 Å². The molecule has 1 aromatic carbocycles. The highest BCUT2D eigenvalue weighted by Crippen LogP contribution is 2.20. The van der Waals surface area contributed by atoms with Gasteiger partial charge in [0.1, 0.15) is 4.88 Å². The smallest absolute Gasteiger partial charge is 0.263 e. The van der Waals surface area contributed by atoms with Gasteiger partial charge in [-0.15, -0.1) is 36.2 Å². The summed E-state index contributed by atoms with van der Waals surface area (Å²) in [5.41, 5.74) is 7.68. The average molecular weight is 376 g/mol. The summed E-state index contributed by atoms with van der Waals surface area (Å²) in [6.07, 6.45) is 1.54. The molecule has 23 heavy (non-hydrogen) atoms. The molecule has 0 aliphatic carbocycles. The van der Waals surface area contributed by atoms with Crippen molar-refractivity contribution in [2.75, 3.05) is 6.54 Å². The van der Waals surface area contributed by atoms with Crippen LogP contribution < -0.4 is 11.1 Å². The Morgan fingerprint density at radius 3 is 2.57 bits per heavy atom. The molecule has 0 aliphatic rings. The van der Waals surface area contributed by atoms with Crippen LogP contribution >= 0.6 is 36.2 Å². The predicted molar refractivity (Wildman–Crippen MR) is 101 cm³/mol. The summed E-state index contributed by atoms with van der Waals surface area (Å²) in [7, 11) is 0. The normalized spacial score (nSPS) is 11.1. The minimum atomic E-state index is -0.0510. The van der Waals surface area contributed by atoms with Gasteiger partial charge in [0.2, 0.25) is 0 Å². The van der Waals surface area contributed by atoms with Gasteiger partial charge in [-0.05, 0) is 25.8 Å². The second-order valence-electron chi connectivity index (χ2n) is 5.21. The van der Waals surface area contributed by atoms with Crippen LogP contribution in [-0.2, 0) is 6.42 Å². The number of halogens is 2. The first-order valence-electron chi connectivity index (χ1n) is 7.10. The van der Waals surface area contributed by atoms with E-state index in [2.05, 4.69) is 22.4 Å². The fraction of sp³-hybridized carbons (Fsp3) is 0.375. The summed E-state index contributed by atoms with van der Waals surface area (Å²) >= 11 is 1.47. The molecule has 0 aliphatic heterocycles. The number of thiazole rings is 1. The number of aryl methyl sites for hydroxylation is 1. The molecule has 1 aromatic heterocycles. The Morgan fingerprint density at radius 2 is 1.96 bits per heavy atom. The van der Waals surface area contributed by atoms with Gasteiger partial charge in [0.15, 0.2) is 0 Å². The number of aromatic nitrogens is 1. The van der Waals surface area contributed by atoms with Crippen molar-refractivity contribution in [2.24, 2.45) is 5.73 Å². The second-order valence-corrected chi connectivity index (χ2v) is 6.29. The highest BCUT2D eigenvalue weighted by molar-refractivity contribution is 7.13. The van der Waals surface area contributed by atoms with Crippen LogP contribution in [-0.4, -0.2) is 23.5 Å². The SMILES string of the molecule is Cc1nc(Cc2ccccc2)sc1C(=O)NCCC(C)N.Cl.Cl. The molecule has 0 bridgehead atoms. The van der Waals surface area contributed by atoms with Crippen molar-refractivity contribution in [2.45, 2.75) is 32.7 Å². The van der Waals surface area contributed by atoms with E-state index in [1.807, 2.05) is 32.0 Å². The maximum absolute atomic E-state index is 12.1. The quantitative estimate of drug-likeness (QED) is 0.813. The lowest BCUT2D eigenvalue weighted by Crippen LogP contribution is -2.28. The number of carbonyl (C=O) groups excluding carboxylic acids is 1. The van der Waals surface area contributed by atoms with E-state index in [1.54, 1.807) is 0 Å². The molecule has 4 nitrogen and oxygen atoms in total. The van der Waals surface area contributed by atoms with E-state index < -0.39 is 0 Å². The van der Waals surface area contributed by atoms with Crippen molar-refractivity contribution >= 4 is 42.1 Å². The molecule has 7 heteroatoms. The number of nitrogens with one attached hydrogen (secondary N) is 1. The molecule has 0 radical (unpaired) electrons. The monoisotopic (exact) mass is 375 g/mol. The second kappa shape index (κ2) is 10.6. The van der Waals surface area contributed by atoms with Gasteiger partial charge in [0.25, 0.3) is 5.91 Å². The predicted octanol–water partition coefficient (Wildman–Crippen LogP) is 3.35. The van der Waals surface area contributed by atoms with Crippen molar-refractivity contribution in [3.8, 4) is 0 Å². The summed E-state index contributed by atoms with van der Waals surface area (Å²) in [6, 6.07) is 10.3. The van der Waals surface area contributed by atoms with Crippen molar-refractivity contribution in [1.82, 2.24) is 10.3 Å². The van der Waals surface area contributed by atoms with Crippen LogP contribution in [0.1, 0.15) is 39.3 Å². The highest BCUT2D eigenvalue weighted by Gasteiger charge is 2.15. The van der Waals surface area contributed by atoms with E-state index in [0.717, 1.165) is 23.5 Å². The fourth-order valence-corrected chi connectivity index (χ4v) is 3.02. The van der Waals surface area contributed by atoms with Crippen LogP contribution in [0.4, 0.5) is 0 Å². The minimum Gasteiger partial charge on any atom is -0.351 e. The Morgan fingerprint density at radius 1 is 1.30 bits per heavy atom. The Balaban J connectivity index is 0.00000242. The first-order chi connectivity index (χ1) is 10.1. The summed E-state index contributed by atoms with van der Waals surface area (Å²) in [5.74, 6) is -0.0510. The molecule has 2 rings (SSSR count). The average Bonchev–Trinajstić information content (AvgIpc) is 2.80. The lowest BCUT2D eigenvalue weighted by atomic mass is 10.2. The van der Waals surface area contributed by atoms with E-state index in [-0.39, 0.29) is 36.8 Å². The molecule has 1 unspecified atom stereocenters. The largest absolute Gasteiger partial charge is 0.351 e. The molecular weight excluding hydrogens is 353 g/mol. The molecule has 128 valence electrons. The number of amides is 1. The number of carbonyl (C=O) groups is 1. The Kier molecular flexibility index (Phi) is 10.1. The van der Waals surface area contributed by atoms with E-state index in [9.17, 15) is 4.79 Å². The maximum atomic E-state index is 12.1. The third kappa shape index (κ3) is 6.87. The number of rotatable bonds is 6. The number of nitrogens with two attached hydrogens (primary N) is 1. The van der Waals surface area contributed by atoms with Gasteiger partial charge in [0, 0.05) is 19.0 Å². The minimum absolute atomic E-state index is 0. The van der Waals surface area contributed by atoms with Crippen LogP contribution in [0.25, 0.3) is 0 Å². The number of nitrogens with zero attached hydrogens (tertiary/aromatic N) is 1. The standard InChI is InChI=1S/C16H21N3OS.2ClH/c1-11(17)8-9-18-16(20)15-12(2)19-14(21-15)10-13-6-4-3-5-7-13;;/h3-7,11H,8-10,17H2,1-2H3,(H,18,20);2*1H. The Labute approximate surface area is 153 Å². The van der Waals surface area contributed by atoms with Gasteiger partial charge >= 0.3 is 0 Å². The zero-order valence-corrected chi connectivity index (χ0v) is 15.7. The third-order valence-corrected chi connectivity index (χ3v) is 4.29. The molecule has 0 fully saturated rings. The van der Waals surface area contributed by atoms with Gasteiger partial charge in [-0.1, -0.05) is 30.3 Å². The molecule has 0 spiro atoms.